The molecule has 4 rings (SSSR count). The molecule has 0 radical (unpaired) electrons. The van der Waals surface area contributed by atoms with Gasteiger partial charge in [0.2, 0.25) is 5.91 Å². The van der Waals surface area contributed by atoms with Gasteiger partial charge in [-0.25, -0.2) is 4.68 Å². The molecule has 2 aromatic heterocycles. The molecule has 2 aromatic carbocycles. The van der Waals surface area contributed by atoms with Crippen molar-refractivity contribution >= 4 is 11.7 Å². The van der Waals surface area contributed by atoms with Crippen molar-refractivity contribution < 1.29 is 4.79 Å². The third-order valence-electron chi connectivity index (χ3n) is 5.14. The Balaban J connectivity index is 1.34. The van der Waals surface area contributed by atoms with Crippen LogP contribution in [0.1, 0.15) is 28.4 Å². The van der Waals surface area contributed by atoms with Gasteiger partial charge < -0.3 is 10.6 Å². The first-order valence-corrected chi connectivity index (χ1v) is 10.6. The Labute approximate surface area is 187 Å². The number of nitrogens with one attached hydrogen (secondary N) is 2. The number of carbonyl (C=O) groups is 1. The molecule has 0 bridgehead atoms. The summed E-state index contributed by atoms with van der Waals surface area (Å²) in [4.78, 5) is 13.0. The molecule has 2 heterocycles. The molecule has 162 valence electrons. The summed E-state index contributed by atoms with van der Waals surface area (Å²) in [5, 5.41) is 19.1. The van der Waals surface area contributed by atoms with Crippen molar-refractivity contribution in [3.8, 4) is 5.82 Å². The number of anilines is 1. The van der Waals surface area contributed by atoms with E-state index in [1.807, 2.05) is 92.7 Å². The predicted octanol–water partition coefficient (Wildman–Crippen LogP) is 3.64. The minimum Gasteiger partial charge on any atom is -0.367 e. The maximum atomic E-state index is 13.0. The van der Waals surface area contributed by atoms with Gasteiger partial charge in [0.15, 0.2) is 5.82 Å². The van der Waals surface area contributed by atoms with Crippen LogP contribution in [0.4, 0.5) is 5.82 Å². The zero-order valence-corrected chi connectivity index (χ0v) is 18.2. The van der Waals surface area contributed by atoms with Gasteiger partial charge in [-0.15, -0.1) is 10.2 Å². The van der Waals surface area contributed by atoms with Crippen LogP contribution in [0.15, 0.2) is 78.9 Å². The number of carbonyl (C=O) groups excluding carboxylic acids is 1. The molecule has 7 nitrogen and oxygen atoms in total. The molecule has 0 aliphatic heterocycles. The van der Waals surface area contributed by atoms with E-state index in [-0.39, 0.29) is 11.8 Å². The monoisotopic (exact) mass is 426 g/mol. The van der Waals surface area contributed by atoms with Crippen molar-refractivity contribution in [2.75, 3.05) is 18.4 Å². The van der Waals surface area contributed by atoms with E-state index >= 15 is 0 Å². The number of amides is 1. The fourth-order valence-corrected chi connectivity index (χ4v) is 3.66. The second-order valence-corrected chi connectivity index (χ2v) is 7.59. The Morgan fingerprint density at radius 3 is 2.06 bits per heavy atom. The van der Waals surface area contributed by atoms with Gasteiger partial charge in [-0.2, -0.15) is 5.10 Å². The summed E-state index contributed by atoms with van der Waals surface area (Å²) in [5.74, 6) is 0.933. The Morgan fingerprint density at radius 2 is 1.53 bits per heavy atom. The van der Waals surface area contributed by atoms with Gasteiger partial charge in [0.25, 0.3) is 0 Å². The van der Waals surface area contributed by atoms with Gasteiger partial charge in [0.1, 0.15) is 5.82 Å². The SMILES string of the molecule is Cc1cc(C)n(-c2ccc(NCCNC(=O)C(c3ccccc3)c3ccccc3)nn2)n1. The van der Waals surface area contributed by atoms with E-state index in [4.69, 9.17) is 0 Å². The van der Waals surface area contributed by atoms with Crippen LogP contribution in [-0.2, 0) is 4.79 Å². The van der Waals surface area contributed by atoms with Crippen LogP contribution in [0.2, 0.25) is 0 Å². The first-order valence-electron chi connectivity index (χ1n) is 10.6. The summed E-state index contributed by atoms with van der Waals surface area (Å²) in [6.07, 6.45) is 0. The Hall–Kier alpha value is -4.00. The summed E-state index contributed by atoms with van der Waals surface area (Å²) in [6.45, 7) is 4.93. The molecule has 7 heteroatoms. The molecule has 32 heavy (non-hydrogen) atoms. The van der Waals surface area contributed by atoms with E-state index in [2.05, 4.69) is 25.9 Å². The quantitative estimate of drug-likeness (QED) is 0.420. The molecule has 0 atom stereocenters. The van der Waals surface area contributed by atoms with E-state index in [9.17, 15) is 4.79 Å². The molecule has 0 saturated carbocycles. The minimum absolute atomic E-state index is 0.0323. The Bertz CT molecular complexity index is 1120. The topological polar surface area (TPSA) is 84.7 Å². The summed E-state index contributed by atoms with van der Waals surface area (Å²) in [6, 6.07) is 25.4. The van der Waals surface area contributed by atoms with E-state index in [1.54, 1.807) is 4.68 Å². The predicted molar refractivity (Wildman–Crippen MR) is 125 cm³/mol. The Kier molecular flexibility index (Phi) is 6.55. The second-order valence-electron chi connectivity index (χ2n) is 7.59. The maximum Gasteiger partial charge on any atom is 0.232 e. The number of aryl methyl sites for hydroxylation is 2. The maximum absolute atomic E-state index is 13.0. The molecule has 0 saturated heterocycles. The number of nitrogens with zero attached hydrogens (tertiary/aromatic N) is 4. The van der Waals surface area contributed by atoms with Crippen molar-refractivity contribution in [3.63, 3.8) is 0 Å². The van der Waals surface area contributed by atoms with Crippen LogP contribution in [0.25, 0.3) is 5.82 Å². The standard InChI is InChI=1S/C25H26N6O/c1-18-17-19(2)31(30-18)23-14-13-22(28-29-23)26-15-16-27-25(32)24(20-9-5-3-6-10-20)21-11-7-4-8-12-21/h3-14,17,24H,15-16H2,1-2H3,(H,26,28)(H,27,32). The molecular weight excluding hydrogens is 400 g/mol. The van der Waals surface area contributed by atoms with Crippen molar-refractivity contribution in [2.24, 2.45) is 0 Å². The summed E-state index contributed by atoms with van der Waals surface area (Å²) in [5.41, 5.74) is 3.88. The third kappa shape index (κ3) is 5.00. The van der Waals surface area contributed by atoms with Crippen LogP contribution in [-0.4, -0.2) is 39.0 Å². The van der Waals surface area contributed by atoms with Crippen LogP contribution in [0, 0.1) is 13.8 Å². The molecular formula is C25H26N6O. The van der Waals surface area contributed by atoms with Gasteiger partial charge in [-0.05, 0) is 43.2 Å². The van der Waals surface area contributed by atoms with Gasteiger partial charge in [-0.1, -0.05) is 60.7 Å². The van der Waals surface area contributed by atoms with E-state index in [1.165, 1.54) is 0 Å². The molecule has 2 N–H and O–H groups in total. The van der Waals surface area contributed by atoms with Crippen LogP contribution >= 0.6 is 0 Å². The summed E-state index contributed by atoms with van der Waals surface area (Å²) >= 11 is 0. The van der Waals surface area contributed by atoms with Crippen LogP contribution in [0.3, 0.4) is 0 Å². The van der Waals surface area contributed by atoms with Crippen molar-refractivity contribution in [1.82, 2.24) is 25.3 Å². The first-order chi connectivity index (χ1) is 15.6. The average molecular weight is 427 g/mol. The second kappa shape index (κ2) is 9.87. The average Bonchev–Trinajstić information content (AvgIpc) is 3.16. The van der Waals surface area contributed by atoms with Crippen molar-refractivity contribution in [2.45, 2.75) is 19.8 Å². The van der Waals surface area contributed by atoms with Crippen LogP contribution < -0.4 is 10.6 Å². The smallest absolute Gasteiger partial charge is 0.232 e. The molecule has 1 amide bonds. The largest absolute Gasteiger partial charge is 0.367 e. The van der Waals surface area contributed by atoms with E-state index in [0.29, 0.717) is 24.7 Å². The summed E-state index contributed by atoms with van der Waals surface area (Å²) < 4.78 is 1.76. The fraction of sp³-hybridized carbons (Fsp3) is 0.200. The molecule has 4 aromatic rings. The normalized spacial score (nSPS) is 10.8. The molecule has 0 unspecified atom stereocenters. The lowest BCUT2D eigenvalue weighted by Crippen LogP contribution is -2.33. The summed E-state index contributed by atoms with van der Waals surface area (Å²) in [7, 11) is 0. The zero-order chi connectivity index (χ0) is 22.3. The zero-order valence-electron chi connectivity index (χ0n) is 18.2. The lowest BCUT2D eigenvalue weighted by atomic mass is 9.90. The number of hydrogen-bond donors (Lipinski definition) is 2. The van der Waals surface area contributed by atoms with E-state index < -0.39 is 0 Å². The molecule has 0 spiro atoms. The van der Waals surface area contributed by atoms with E-state index in [0.717, 1.165) is 22.5 Å². The van der Waals surface area contributed by atoms with Gasteiger partial charge in [-0.3, -0.25) is 4.79 Å². The van der Waals surface area contributed by atoms with Crippen LogP contribution in [0.5, 0.6) is 0 Å². The number of hydrogen-bond acceptors (Lipinski definition) is 5. The third-order valence-corrected chi connectivity index (χ3v) is 5.14. The lowest BCUT2D eigenvalue weighted by molar-refractivity contribution is -0.121. The number of benzene rings is 2. The van der Waals surface area contributed by atoms with Gasteiger partial charge in [0.05, 0.1) is 11.6 Å². The van der Waals surface area contributed by atoms with Gasteiger partial charge in [0, 0.05) is 18.8 Å². The molecule has 0 aliphatic carbocycles. The van der Waals surface area contributed by atoms with Crippen molar-refractivity contribution in [1.29, 1.82) is 0 Å². The highest BCUT2D eigenvalue weighted by molar-refractivity contribution is 5.87. The molecule has 0 fully saturated rings. The highest BCUT2D eigenvalue weighted by Crippen LogP contribution is 2.24. The van der Waals surface area contributed by atoms with Crippen molar-refractivity contribution in [3.05, 3.63) is 101 Å². The Morgan fingerprint density at radius 1 is 0.875 bits per heavy atom. The highest BCUT2D eigenvalue weighted by atomic mass is 16.1. The highest BCUT2D eigenvalue weighted by Gasteiger charge is 2.21. The fourth-order valence-electron chi connectivity index (χ4n) is 3.66. The van der Waals surface area contributed by atoms with Gasteiger partial charge >= 0.3 is 0 Å². The number of aromatic nitrogens is 4. The first kappa shape index (κ1) is 21.2. The lowest BCUT2D eigenvalue weighted by Gasteiger charge is -2.18. The molecule has 0 aliphatic rings. The number of rotatable bonds is 8. The minimum atomic E-state index is -0.350.